The lowest BCUT2D eigenvalue weighted by molar-refractivity contribution is -0.146. The van der Waals surface area contributed by atoms with Crippen LogP contribution in [0.5, 0.6) is 0 Å². The largest absolute Gasteiger partial charge is 0.479 e. The number of carboxylic acids is 1. The lowest BCUT2D eigenvalue weighted by Gasteiger charge is -2.21. The van der Waals surface area contributed by atoms with Gasteiger partial charge in [0.05, 0.1) is 0 Å². The van der Waals surface area contributed by atoms with Crippen molar-refractivity contribution >= 4 is 5.97 Å². The first-order valence-electron chi connectivity index (χ1n) is 6.10. The van der Waals surface area contributed by atoms with Gasteiger partial charge in [-0.2, -0.15) is 0 Å². The average Bonchev–Trinajstić information content (AvgIpc) is 2.40. The number of hydrogen-bond donors (Lipinski definition) is 2. The summed E-state index contributed by atoms with van der Waals surface area (Å²) in [5.74, 6) is -0.777. The number of rotatable bonds is 4. The van der Waals surface area contributed by atoms with E-state index in [0.29, 0.717) is 5.92 Å². The molecule has 98 valence electrons. The Balaban J connectivity index is 1.98. The van der Waals surface area contributed by atoms with Gasteiger partial charge in [-0.25, -0.2) is 4.79 Å². The number of aromatic nitrogens is 1. The summed E-state index contributed by atoms with van der Waals surface area (Å²) in [5.41, 5.74) is 1.76. The van der Waals surface area contributed by atoms with Crippen LogP contribution in [0.3, 0.4) is 0 Å². The molecule has 1 aromatic heterocycles. The number of carbonyl (C=O) groups is 1. The smallest absolute Gasteiger partial charge is 0.332 e. The average molecular weight is 251 g/mol. The van der Waals surface area contributed by atoms with Crippen molar-refractivity contribution in [1.29, 1.82) is 0 Å². The molecule has 1 aliphatic heterocycles. The zero-order valence-corrected chi connectivity index (χ0v) is 10.1. The Labute approximate surface area is 105 Å². The predicted molar refractivity (Wildman–Crippen MR) is 64.4 cm³/mol. The quantitative estimate of drug-likeness (QED) is 0.833. The maximum atomic E-state index is 10.5. The van der Waals surface area contributed by atoms with Gasteiger partial charge in [0.25, 0.3) is 0 Å². The molecule has 1 fully saturated rings. The Morgan fingerprint density at radius 2 is 2.17 bits per heavy atom. The fraction of sp³-hybridized carbons (Fsp3) is 0.538. The van der Waals surface area contributed by atoms with Gasteiger partial charge >= 0.3 is 5.97 Å². The first kappa shape index (κ1) is 13.0. The Morgan fingerprint density at radius 3 is 2.72 bits per heavy atom. The molecule has 18 heavy (non-hydrogen) atoms. The Morgan fingerprint density at radius 1 is 1.44 bits per heavy atom. The summed E-state index contributed by atoms with van der Waals surface area (Å²) in [6, 6.07) is 3.75. The van der Waals surface area contributed by atoms with Crippen molar-refractivity contribution in [2.24, 2.45) is 0 Å². The summed E-state index contributed by atoms with van der Waals surface area (Å²) in [6.07, 6.45) is 2.34. The lowest BCUT2D eigenvalue weighted by atomic mass is 9.95. The molecule has 0 bridgehead atoms. The van der Waals surface area contributed by atoms with E-state index < -0.39 is 12.1 Å². The Hall–Kier alpha value is -1.46. The number of hydrogen-bond acceptors (Lipinski definition) is 4. The number of ether oxygens (including phenoxy) is 1. The molecule has 5 nitrogen and oxygen atoms in total. The fourth-order valence-corrected chi connectivity index (χ4v) is 2.10. The van der Waals surface area contributed by atoms with Crippen LogP contribution >= 0.6 is 0 Å². The molecule has 0 spiro atoms. The van der Waals surface area contributed by atoms with E-state index in [1.54, 1.807) is 6.20 Å². The summed E-state index contributed by atoms with van der Waals surface area (Å²) >= 11 is 0. The van der Waals surface area contributed by atoms with Crippen LogP contribution in [0, 0.1) is 0 Å². The summed E-state index contributed by atoms with van der Waals surface area (Å²) in [7, 11) is 0. The van der Waals surface area contributed by atoms with E-state index in [2.05, 4.69) is 4.98 Å². The summed E-state index contributed by atoms with van der Waals surface area (Å²) in [6.45, 7) is 1.54. The zero-order chi connectivity index (χ0) is 13.0. The van der Waals surface area contributed by atoms with E-state index in [4.69, 9.17) is 9.84 Å². The first-order valence-corrected chi connectivity index (χ1v) is 6.10. The molecule has 1 atom stereocenters. The van der Waals surface area contributed by atoms with Crippen molar-refractivity contribution < 1.29 is 19.7 Å². The second-order valence-electron chi connectivity index (χ2n) is 4.54. The second kappa shape index (κ2) is 5.93. The zero-order valence-electron chi connectivity index (χ0n) is 10.1. The number of pyridine rings is 1. The van der Waals surface area contributed by atoms with Crippen LogP contribution in [0.1, 0.15) is 30.0 Å². The molecule has 1 aliphatic rings. The van der Waals surface area contributed by atoms with Crippen LogP contribution in [0.15, 0.2) is 18.3 Å². The van der Waals surface area contributed by atoms with Crippen LogP contribution in [0.4, 0.5) is 0 Å². The molecule has 0 aliphatic carbocycles. The minimum atomic E-state index is -1.36. The third-order valence-corrected chi connectivity index (χ3v) is 3.20. The SMILES string of the molecule is O=C(O)[C@@H](O)Cc1ccc(C2CCOCC2)nc1. The highest BCUT2D eigenvalue weighted by molar-refractivity contribution is 5.72. The number of aliphatic hydroxyl groups is 1. The van der Waals surface area contributed by atoms with Gasteiger partial charge in [0.1, 0.15) is 0 Å². The Bertz CT molecular complexity index is 398. The van der Waals surface area contributed by atoms with Crippen LogP contribution in [-0.4, -0.2) is 40.5 Å². The van der Waals surface area contributed by atoms with Crippen molar-refractivity contribution in [2.75, 3.05) is 13.2 Å². The Kier molecular flexibility index (Phi) is 4.28. The standard InChI is InChI=1S/C13H17NO4/c15-12(13(16)17)7-9-1-2-11(14-8-9)10-3-5-18-6-4-10/h1-2,8,10,12,15H,3-7H2,(H,16,17)/t12-/m0/s1. The topological polar surface area (TPSA) is 79.7 Å². The second-order valence-corrected chi connectivity index (χ2v) is 4.54. The van der Waals surface area contributed by atoms with E-state index in [9.17, 15) is 9.90 Å². The lowest BCUT2D eigenvalue weighted by Crippen LogP contribution is -2.22. The number of aliphatic carboxylic acids is 1. The van der Waals surface area contributed by atoms with Crippen LogP contribution < -0.4 is 0 Å². The molecule has 0 amide bonds. The molecule has 0 saturated carbocycles. The molecule has 1 aromatic rings. The van der Waals surface area contributed by atoms with Gasteiger partial charge in [0.2, 0.25) is 0 Å². The molecule has 1 saturated heterocycles. The van der Waals surface area contributed by atoms with Gasteiger partial charge in [-0.1, -0.05) is 6.07 Å². The van der Waals surface area contributed by atoms with E-state index in [1.807, 2.05) is 12.1 Å². The highest BCUT2D eigenvalue weighted by atomic mass is 16.5. The van der Waals surface area contributed by atoms with Crippen molar-refractivity contribution in [1.82, 2.24) is 4.98 Å². The minimum Gasteiger partial charge on any atom is -0.479 e. The van der Waals surface area contributed by atoms with Gasteiger partial charge in [0, 0.05) is 37.4 Å². The molecular weight excluding hydrogens is 234 g/mol. The van der Waals surface area contributed by atoms with Gasteiger partial charge in [-0.15, -0.1) is 0 Å². The fourth-order valence-electron chi connectivity index (χ4n) is 2.10. The van der Waals surface area contributed by atoms with Crippen molar-refractivity contribution in [3.05, 3.63) is 29.6 Å². The highest BCUT2D eigenvalue weighted by Gasteiger charge is 2.18. The predicted octanol–water partition coefficient (Wildman–Crippen LogP) is 0.964. The molecule has 0 radical (unpaired) electrons. The monoisotopic (exact) mass is 251 g/mol. The first-order chi connectivity index (χ1) is 8.66. The van der Waals surface area contributed by atoms with Gasteiger partial charge in [-0.3, -0.25) is 4.98 Å². The third-order valence-electron chi connectivity index (χ3n) is 3.20. The van der Waals surface area contributed by atoms with Gasteiger partial charge in [0.15, 0.2) is 6.10 Å². The summed E-state index contributed by atoms with van der Waals surface area (Å²) in [5, 5.41) is 17.9. The van der Waals surface area contributed by atoms with E-state index in [1.165, 1.54) is 0 Å². The van der Waals surface area contributed by atoms with Gasteiger partial charge in [-0.05, 0) is 24.5 Å². The highest BCUT2D eigenvalue weighted by Crippen LogP contribution is 2.25. The molecule has 2 N–H and O–H groups in total. The maximum absolute atomic E-state index is 10.5. The number of aliphatic hydroxyl groups excluding tert-OH is 1. The van der Waals surface area contributed by atoms with Crippen molar-refractivity contribution in [3.63, 3.8) is 0 Å². The van der Waals surface area contributed by atoms with Crippen molar-refractivity contribution in [3.8, 4) is 0 Å². The van der Waals surface area contributed by atoms with E-state index in [-0.39, 0.29) is 6.42 Å². The summed E-state index contributed by atoms with van der Waals surface area (Å²) in [4.78, 5) is 14.9. The van der Waals surface area contributed by atoms with Crippen LogP contribution in [-0.2, 0) is 16.0 Å². The number of nitrogens with zero attached hydrogens (tertiary/aromatic N) is 1. The molecular formula is C13H17NO4. The maximum Gasteiger partial charge on any atom is 0.332 e. The summed E-state index contributed by atoms with van der Waals surface area (Å²) < 4.78 is 5.30. The number of carboxylic acid groups (broad SMARTS) is 1. The van der Waals surface area contributed by atoms with E-state index >= 15 is 0 Å². The molecule has 2 heterocycles. The molecule has 0 aromatic carbocycles. The molecule has 5 heteroatoms. The van der Waals surface area contributed by atoms with Crippen LogP contribution in [0.25, 0.3) is 0 Å². The molecule has 0 unspecified atom stereocenters. The minimum absolute atomic E-state index is 0.0936. The normalized spacial score (nSPS) is 18.5. The van der Waals surface area contributed by atoms with Gasteiger partial charge < -0.3 is 14.9 Å². The van der Waals surface area contributed by atoms with Crippen LogP contribution in [0.2, 0.25) is 0 Å². The van der Waals surface area contributed by atoms with Crippen molar-refractivity contribution in [2.45, 2.75) is 31.3 Å². The van der Waals surface area contributed by atoms with E-state index in [0.717, 1.165) is 37.3 Å². The third kappa shape index (κ3) is 3.27. The molecule has 2 rings (SSSR count).